The first kappa shape index (κ1) is 15.1. The van der Waals surface area contributed by atoms with Crippen LogP contribution in [0.25, 0.3) is 0 Å². The van der Waals surface area contributed by atoms with Crippen molar-refractivity contribution in [3.63, 3.8) is 0 Å². The average molecular weight is 329 g/mol. The van der Waals surface area contributed by atoms with E-state index in [0.717, 1.165) is 18.4 Å². The lowest BCUT2D eigenvalue weighted by Gasteiger charge is -2.16. The fourth-order valence-electron chi connectivity index (χ4n) is 3.60. The number of fused-ring (bicyclic) bond motifs is 3. The summed E-state index contributed by atoms with van der Waals surface area (Å²) < 4.78 is 15.7. The number of amides is 1. The zero-order valence-corrected chi connectivity index (χ0v) is 13.2. The van der Waals surface area contributed by atoms with Gasteiger partial charge < -0.3 is 19.5 Å². The lowest BCUT2D eigenvalue weighted by molar-refractivity contribution is -0.153. The first-order chi connectivity index (χ1) is 11.7. The third-order valence-electron chi connectivity index (χ3n) is 4.85. The number of ether oxygens (including phenoxy) is 3. The second-order valence-corrected chi connectivity index (χ2v) is 6.46. The van der Waals surface area contributed by atoms with Gasteiger partial charge in [-0.05, 0) is 42.4 Å². The summed E-state index contributed by atoms with van der Waals surface area (Å²) in [5.41, 5.74) is 0.900. The van der Waals surface area contributed by atoms with E-state index in [1.807, 2.05) is 18.2 Å². The molecule has 6 nitrogen and oxygen atoms in total. The van der Waals surface area contributed by atoms with Crippen LogP contribution in [0.3, 0.4) is 0 Å². The van der Waals surface area contributed by atoms with Crippen molar-refractivity contribution in [3.8, 4) is 11.5 Å². The highest BCUT2D eigenvalue weighted by atomic mass is 16.7. The number of nitrogens with one attached hydrogen (secondary N) is 1. The van der Waals surface area contributed by atoms with E-state index in [2.05, 4.69) is 17.5 Å². The van der Waals surface area contributed by atoms with E-state index in [1.165, 1.54) is 0 Å². The number of carbonyl (C=O) groups is 2. The molecule has 24 heavy (non-hydrogen) atoms. The Bertz CT molecular complexity index is 699. The van der Waals surface area contributed by atoms with E-state index in [9.17, 15) is 9.59 Å². The molecule has 6 heteroatoms. The van der Waals surface area contributed by atoms with Crippen LogP contribution >= 0.6 is 0 Å². The minimum atomic E-state index is -0.306. The number of carbonyl (C=O) groups excluding carboxylic acids is 2. The van der Waals surface area contributed by atoms with Crippen LogP contribution in [0.2, 0.25) is 0 Å². The molecule has 3 atom stereocenters. The molecule has 2 bridgehead atoms. The van der Waals surface area contributed by atoms with Crippen LogP contribution in [0.15, 0.2) is 30.4 Å². The van der Waals surface area contributed by atoms with Crippen molar-refractivity contribution in [1.29, 1.82) is 0 Å². The van der Waals surface area contributed by atoms with E-state index in [4.69, 9.17) is 14.2 Å². The number of hydrogen-bond donors (Lipinski definition) is 1. The molecule has 1 aromatic rings. The van der Waals surface area contributed by atoms with Crippen LogP contribution in [0, 0.1) is 17.8 Å². The van der Waals surface area contributed by atoms with Gasteiger partial charge in [0.05, 0.1) is 5.92 Å². The topological polar surface area (TPSA) is 73.9 Å². The van der Waals surface area contributed by atoms with Crippen molar-refractivity contribution < 1.29 is 23.8 Å². The SMILES string of the molecule is O=C(COC(=O)C1CC2C=CC1C2)NCc1ccc2c(c1)OCO2. The normalized spacial score (nSPS) is 25.8. The number of rotatable bonds is 5. The predicted octanol–water partition coefficient (Wildman–Crippen LogP) is 1.79. The van der Waals surface area contributed by atoms with Crippen molar-refractivity contribution in [2.45, 2.75) is 19.4 Å². The summed E-state index contributed by atoms with van der Waals surface area (Å²) in [6, 6.07) is 5.50. The molecule has 1 aliphatic heterocycles. The Labute approximate surface area is 139 Å². The van der Waals surface area contributed by atoms with Crippen LogP contribution in [0.1, 0.15) is 18.4 Å². The Kier molecular flexibility index (Phi) is 3.88. The molecule has 0 radical (unpaired) electrons. The van der Waals surface area contributed by atoms with Crippen LogP contribution in [-0.2, 0) is 20.9 Å². The largest absolute Gasteiger partial charge is 0.455 e. The van der Waals surface area contributed by atoms with Gasteiger partial charge in [0.1, 0.15) is 0 Å². The molecule has 0 aromatic heterocycles. The smallest absolute Gasteiger partial charge is 0.310 e. The van der Waals surface area contributed by atoms with Gasteiger partial charge in [-0.25, -0.2) is 0 Å². The highest BCUT2D eigenvalue weighted by Gasteiger charge is 2.40. The Morgan fingerprint density at radius 2 is 2.04 bits per heavy atom. The molecular weight excluding hydrogens is 310 g/mol. The van der Waals surface area contributed by atoms with E-state index in [0.29, 0.717) is 29.9 Å². The Balaban J connectivity index is 1.22. The summed E-state index contributed by atoms with van der Waals surface area (Å²) in [5, 5.41) is 2.74. The van der Waals surface area contributed by atoms with Crippen molar-refractivity contribution >= 4 is 11.9 Å². The van der Waals surface area contributed by atoms with Gasteiger partial charge in [0.2, 0.25) is 6.79 Å². The van der Waals surface area contributed by atoms with Crippen LogP contribution < -0.4 is 14.8 Å². The fourth-order valence-corrected chi connectivity index (χ4v) is 3.60. The Morgan fingerprint density at radius 3 is 2.83 bits per heavy atom. The maximum absolute atomic E-state index is 12.1. The minimum Gasteiger partial charge on any atom is -0.455 e. The van der Waals surface area contributed by atoms with Gasteiger partial charge in [-0.15, -0.1) is 0 Å². The molecule has 2 aliphatic carbocycles. The third-order valence-corrected chi connectivity index (χ3v) is 4.85. The molecular formula is C18H19NO5. The summed E-state index contributed by atoms with van der Waals surface area (Å²) >= 11 is 0. The van der Waals surface area contributed by atoms with Crippen LogP contribution in [-0.4, -0.2) is 25.3 Å². The third kappa shape index (κ3) is 2.96. The maximum Gasteiger partial charge on any atom is 0.310 e. The lowest BCUT2D eigenvalue weighted by Crippen LogP contribution is -2.30. The molecule has 3 aliphatic rings. The second kappa shape index (κ2) is 6.19. The van der Waals surface area contributed by atoms with Crippen molar-refractivity contribution in [3.05, 3.63) is 35.9 Å². The maximum atomic E-state index is 12.1. The first-order valence-electron chi connectivity index (χ1n) is 8.19. The predicted molar refractivity (Wildman–Crippen MR) is 84.2 cm³/mol. The highest BCUT2D eigenvalue weighted by molar-refractivity contribution is 5.81. The summed E-state index contributed by atoms with van der Waals surface area (Å²) in [5.74, 6) is 1.54. The molecule has 0 saturated heterocycles. The summed E-state index contributed by atoms with van der Waals surface area (Å²) in [4.78, 5) is 23.9. The quantitative estimate of drug-likeness (QED) is 0.658. The summed E-state index contributed by atoms with van der Waals surface area (Å²) in [7, 11) is 0. The van der Waals surface area contributed by atoms with Gasteiger partial charge >= 0.3 is 5.97 Å². The molecule has 1 heterocycles. The number of benzene rings is 1. The fraction of sp³-hybridized carbons (Fsp3) is 0.444. The minimum absolute atomic E-state index is 0.0818. The van der Waals surface area contributed by atoms with Gasteiger partial charge in [0.15, 0.2) is 18.1 Å². The van der Waals surface area contributed by atoms with Crippen molar-refractivity contribution in [2.75, 3.05) is 13.4 Å². The van der Waals surface area contributed by atoms with Gasteiger partial charge in [0.25, 0.3) is 5.91 Å². The van der Waals surface area contributed by atoms with E-state index in [-0.39, 0.29) is 31.2 Å². The van der Waals surface area contributed by atoms with Crippen LogP contribution in [0.4, 0.5) is 0 Å². The average Bonchev–Trinajstić information content (AvgIpc) is 3.33. The summed E-state index contributed by atoms with van der Waals surface area (Å²) in [6.45, 7) is 0.337. The summed E-state index contributed by atoms with van der Waals surface area (Å²) in [6.07, 6.45) is 6.15. The van der Waals surface area contributed by atoms with Crippen LogP contribution in [0.5, 0.6) is 11.5 Å². The van der Waals surface area contributed by atoms with Gasteiger partial charge in [-0.3, -0.25) is 9.59 Å². The van der Waals surface area contributed by atoms with E-state index in [1.54, 1.807) is 0 Å². The lowest BCUT2D eigenvalue weighted by atomic mass is 9.94. The molecule has 1 saturated carbocycles. The second-order valence-electron chi connectivity index (χ2n) is 6.46. The first-order valence-corrected chi connectivity index (χ1v) is 8.19. The molecule has 1 amide bonds. The molecule has 3 unspecified atom stereocenters. The molecule has 1 N–H and O–H groups in total. The Morgan fingerprint density at radius 1 is 1.17 bits per heavy atom. The van der Waals surface area contributed by atoms with Crippen molar-refractivity contribution in [1.82, 2.24) is 5.32 Å². The van der Waals surface area contributed by atoms with Gasteiger partial charge in [0, 0.05) is 6.54 Å². The highest BCUT2D eigenvalue weighted by Crippen LogP contribution is 2.43. The number of esters is 1. The van der Waals surface area contributed by atoms with Gasteiger partial charge in [-0.1, -0.05) is 18.2 Å². The molecule has 0 spiro atoms. The zero-order valence-electron chi connectivity index (χ0n) is 13.2. The molecule has 4 rings (SSSR count). The monoisotopic (exact) mass is 329 g/mol. The van der Waals surface area contributed by atoms with E-state index < -0.39 is 0 Å². The number of allylic oxidation sites excluding steroid dienone is 2. The van der Waals surface area contributed by atoms with Gasteiger partial charge in [-0.2, -0.15) is 0 Å². The molecule has 1 fully saturated rings. The van der Waals surface area contributed by atoms with Crippen molar-refractivity contribution in [2.24, 2.45) is 17.8 Å². The molecule has 1 aromatic carbocycles. The number of hydrogen-bond acceptors (Lipinski definition) is 5. The standard InChI is InChI=1S/C18H19NO5/c20-17(9-22-18(21)14-6-11-1-3-13(14)5-11)19-8-12-2-4-15-16(7-12)24-10-23-15/h1-4,7,11,13-14H,5-6,8-10H2,(H,19,20). The molecule has 126 valence electrons. The zero-order chi connectivity index (χ0) is 16.5. The van der Waals surface area contributed by atoms with E-state index >= 15 is 0 Å². The Hall–Kier alpha value is -2.50.